The van der Waals surface area contributed by atoms with Crippen molar-refractivity contribution >= 4 is 17.9 Å². The van der Waals surface area contributed by atoms with Crippen LogP contribution >= 0.6 is 0 Å². The van der Waals surface area contributed by atoms with E-state index in [2.05, 4.69) is 10.1 Å². The summed E-state index contributed by atoms with van der Waals surface area (Å²) in [6.07, 6.45) is -0.906. The number of hydrogen-bond acceptors (Lipinski definition) is 4. The van der Waals surface area contributed by atoms with Crippen LogP contribution in [0.25, 0.3) is 0 Å². The Bertz CT molecular complexity index is 277. The van der Waals surface area contributed by atoms with Crippen molar-refractivity contribution in [2.75, 3.05) is 13.1 Å². The summed E-state index contributed by atoms with van der Waals surface area (Å²) in [5.41, 5.74) is 0. The maximum Gasteiger partial charge on any atom is 0.324 e. The Morgan fingerprint density at radius 1 is 1.57 bits per heavy atom. The lowest BCUT2D eigenvalue weighted by Crippen LogP contribution is -2.41. The minimum Gasteiger partial charge on any atom is -0.453 e. The fourth-order valence-electron chi connectivity index (χ4n) is 1.20. The highest BCUT2D eigenvalue weighted by atomic mass is 16.5. The number of esters is 1. The second-order valence-corrected chi connectivity index (χ2v) is 2.97. The third kappa shape index (κ3) is 2.21. The van der Waals surface area contributed by atoms with Crippen LogP contribution in [-0.2, 0) is 14.3 Å². The minimum atomic E-state index is -0.906. The second kappa shape index (κ2) is 4.08. The van der Waals surface area contributed by atoms with Crippen molar-refractivity contribution in [1.82, 2.24) is 10.2 Å². The van der Waals surface area contributed by atoms with Crippen LogP contribution in [0.2, 0.25) is 0 Å². The van der Waals surface area contributed by atoms with Gasteiger partial charge in [-0.1, -0.05) is 0 Å². The first-order valence-corrected chi connectivity index (χ1v) is 4.29. The van der Waals surface area contributed by atoms with Gasteiger partial charge in [0.05, 0.1) is 0 Å². The van der Waals surface area contributed by atoms with Gasteiger partial charge in [0.15, 0.2) is 6.10 Å². The SMILES string of the molecule is CC(=O)O[C@H](C)C(=O)N1CCNC1=O. The zero-order valence-corrected chi connectivity index (χ0v) is 8.07. The monoisotopic (exact) mass is 200 g/mol. The standard InChI is InChI=1S/C8H12N2O4/c1-5(14-6(2)11)7(12)10-4-3-9-8(10)13/h5H,3-4H2,1-2H3,(H,9,13)/t5-/m1/s1. The zero-order valence-electron chi connectivity index (χ0n) is 8.07. The largest absolute Gasteiger partial charge is 0.453 e. The molecule has 1 N–H and O–H groups in total. The number of rotatable bonds is 2. The zero-order chi connectivity index (χ0) is 10.7. The van der Waals surface area contributed by atoms with Gasteiger partial charge in [-0.05, 0) is 6.92 Å². The number of hydrogen-bond donors (Lipinski definition) is 1. The molecule has 78 valence electrons. The predicted octanol–water partition coefficient (Wildman–Crippen LogP) is -0.510. The van der Waals surface area contributed by atoms with Gasteiger partial charge < -0.3 is 10.1 Å². The number of urea groups is 1. The smallest absolute Gasteiger partial charge is 0.324 e. The quantitative estimate of drug-likeness (QED) is 0.609. The van der Waals surface area contributed by atoms with Gasteiger partial charge in [-0.15, -0.1) is 0 Å². The highest BCUT2D eigenvalue weighted by Crippen LogP contribution is 2.03. The molecule has 1 aliphatic rings. The van der Waals surface area contributed by atoms with Gasteiger partial charge in [0, 0.05) is 20.0 Å². The van der Waals surface area contributed by atoms with E-state index in [4.69, 9.17) is 0 Å². The molecule has 6 nitrogen and oxygen atoms in total. The molecule has 0 aliphatic carbocycles. The van der Waals surface area contributed by atoms with Gasteiger partial charge in [-0.3, -0.25) is 14.5 Å². The summed E-state index contributed by atoms with van der Waals surface area (Å²) in [5.74, 6) is -1.03. The molecule has 0 spiro atoms. The van der Waals surface area contributed by atoms with E-state index in [1.165, 1.54) is 13.8 Å². The van der Waals surface area contributed by atoms with Gasteiger partial charge in [0.25, 0.3) is 5.91 Å². The number of nitrogens with one attached hydrogen (secondary N) is 1. The summed E-state index contributed by atoms with van der Waals surface area (Å²) in [4.78, 5) is 34.1. The van der Waals surface area contributed by atoms with Crippen LogP contribution in [0, 0.1) is 0 Å². The molecule has 0 radical (unpaired) electrons. The summed E-state index contributed by atoms with van der Waals surface area (Å²) in [6.45, 7) is 3.42. The number of carbonyl (C=O) groups excluding carboxylic acids is 3. The molecular weight excluding hydrogens is 188 g/mol. The highest BCUT2D eigenvalue weighted by molar-refractivity contribution is 5.98. The van der Waals surface area contributed by atoms with Crippen LogP contribution < -0.4 is 5.32 Å². The van der Waals surface area contributed by atoms with E-state index in [1.54, 1.807) is 0 Å². The topological polar surface area (TPSA) is 75.7 Å². The minimum absolute atomic E-state index is 0.323. The Morgan fingerprint density at radius 2 is 2.21 bits per heavy atom. The number of nitrogens with zero attached hydrogens (tertiary/aromatic N) is 1. The van der Waals surface area contributed by atoms with E-state index in [0.29, 0.717) is 13.1 Å². The molecule has 0 aromatic heterocycles. The Balaban J connectivity index is 2.55. The van der Waals surface area contributed by atoms with E-state index < -0.39 is 24.0 Å². The fourth-order valence-corrected chi connectivity index (χ4v) is 1.20. The van der Waals surface area contributed by atoms with Crippen molar-refractivity contribution in [2.45, 2.75) is 20.0 Å². The van der Waals surface area contributed by atoms with E-state index >= 15 is 0 Å². The molecule has 1 saturated heterocycles. The molecule has 14 heavy (non-hydrogen) atoms. The van der Waals surface area contributed by atoms with Crippen molar-refractivity contribution in [3.8, 4) is 0 Å². The normalized spacial score (nSPS) is 17.6. The van der Waals surface area contributed by atoms with Crippen LogP contribution in [0.15, 0.2) is 0 Å². The van der Waals surface area contributed by atoms with E-state index in [0.717, 1.165) is 4.90 Å². The first kappa shape index (κ1) is 10.5. The van der Waals surface area contributed by atoms with Gasteiger partial charge in [-0.25, -0.2) is 4.79 Å². The summed E-state index contributed by atoms with van der Waals surface area (Å²) in [7, 11) is 0. The Labute approximate surface area is 81.2 Å². The summed E-state index contributed by atoms with van der Waals surface area (Å²) in [6, 6.07) is -0.436. The van der Waals surface area contributed by atoms with Gasteiger partial charge in [0.1, 0.15) is 0 Å². The molecule has 0 unspecified atom stereocenters. The molecular formula is C8H12N2O4. The van der Waals surface area contributed by atoms with Crippen molar-refractivity contribution < 1.29 is 19.1 Å². The van der Waals surface area contributed by atoms with Crippen molar-refractivity contribution in [2.24, 2.45) is 0 Å². The molecule has 0 saturated carbocycles. The molecule has 1 fully saturated rings. The third-order valence-corrected chi connectivity index (χ3v) is 1.81. The second-order valence-electron chi connectivity index (χ2n) is 2.97. The van der Waals surface area contributed by atoms with Crippen molar-refractivity contribution in [3.63, 3.8) is 0 Å². The molecule has 1 atom stereocenters. The van der Waals surface area contributed by atoms with E-state index in [-0.39, 0.29) is 0 Å². The summed E-state index contributed by atoms with van der Waals surface area (Å²) < 4.78 is 4.66. The van der Waals surface area contributed by atoms with Gasteiger partial charge in [-0.2, -0.15) is 0 Å². The average Bonchev–Trinajstić information content (AvgIpc) is 2.48. The van der Waals surface area contributed by atoms with Crippen molar-refractivity contribution in [1.29, 1.82) is 0 Å². The molecule has 0 aromatic rings. The van der Waals surface area contributed by atoms with Crippen LogP contribution in [0.1, 0.15) is 13.8 Å². The third-order valence-electron chi connectivity index (χ3n) is 1.81. The molecule has 0 bridgehead atoms. The Morgan fingerprint density at radius 3 is 2.64 bits per heavy atom. The summed E-state index contributed by atoms with van der Waals surface area (Å²) >= 11 is 0. The van der Waals surface area contributed by atoms with Crippen LogP contribution in [0.4, 0.5) is 4.79 Å². The molecule has 1 aliphatic heterocycles. The first-order chi connectivity index (χ1) is 6.52. The Hall–Kier alpha value is -1.59. The molecule has 0 aromatic carbocycles. The van der Waals surface area contributed by atoms with Crippen molar-refractivity contribution in [3.05, 3.63) is 0 Å². The van der Waals surface area contributed by atoms with Gasteiger partial charge >= 0.3 is 12.0 Å². The van der Waals surface area contributed by atoms with Crippen LogP contribution in [-0.4, -0.2) is 42.0 Å². The summed E-state index contributed by atoms with van der Waals surface area (Å²) in [5, 5.41) is 2.48. The Kier molecular flexibility index (Phi) is 3.06. The van der Waals surface area contributed by atoms with E-state index in [9.17, 15) is 14.4 Å². The van der Waals surface area contributed by atoms with Gasteiger partial charge in [0.2, 0.25) is 0 Å². The maximum atomic E-state index is 11.5. The molecule has 3 amide bonds. The number of ether oxygens (including phenoxy) is 1. The predicted molar refractivity (Wildman–Crippen MR) is 46.3 cm³/mol. The lowest BCUT2D eigenvalue weighted by molar-refractivity contribution is -0.155. The highest BCUT2D eigenvalue weighted by Gasteiger charge is 2.30. The molecule has 6 heteroatoms. The first-order valence-electron chi connectivity index (χ1n) is 4.29. The molecule has 1 heterocycles. The van der Waals surface area contributed by atoms with E-state index in [1.807, 2.05) is 0 Å². The average molecular weight is 200 g/mol. The number of amides is 3. The lowest BCUT2D eigenvalue weighted by Gasteiger charge is -2.17. The molecule has 1 rings (SSSR count). The number of carbonyl (C=O) groups is 3. The van der Waals surface area contributed by atoms with Crippen LogP contribution in [0.5, 0.6) is 0 Å². The number of imide groups is 1. The van der Waals surface area contributed by atoms with Crippen LogP contribution in [0.3, 0.4) is 0 Å². The maximum absolute atomic E-state index is 11.5. The lowest BCUT2D eigenvalue weighted by atomic mass is 10.3. The fraction of sp³-hybridized carbons (Fsp3) is 0.625.